The molecule has 5 heterocycles. The van der Waals surface area contributed by atoms with Gasteiger partial charge in [-0.2, -0.15) is 0 Å². The van der Waals surface area contributed by atoms with Crippen LogP contribution < -0.4 is 0 Å². The Bertz CT molecular complexity index is 1120. The Morgan fingerprint density at radius 3 is 2.89 bits per heavy atom. The van der Waals surface area contributed by atoms with Gasteiger partial charge in [-0.3, -0.25) is 9.97 Å². The number of thiophene rings is 1. The number of nitrogens with zero attached hydrogens (tertiary/aromatic N) is 3. The molecule has 138 valence electrons. The fourth-order valence-electron chi connectivity index (χ4n) is 4.09. The van der Waals surface area contributed by atoms with Crippen LogP contribution in [0.5, 0.6) is 0 Å². The summed E-state index contributed by atoms with van der Waals surface area (Å²) in [6.45, 7) is 1.40. The van der Waals surface area contributed by atoms with E-state index in [0.717, 1.165) is 38.6 Å². The maximum absolute atomic E-state index is 14.9. The number of hydrogen-bond acceptors (Lipinski definition) is 4. The lowest BCUT2D eigenvalue weighted by atomic mass is 9.88. The Hall–Kier alpha value is -1.83. The van der Waals surface area contributed by atoms with Crippen molar-refractivity contribution in [1.29, 1.82) is 0 Å². The molecule has 0 saturated carbocycles. The van der Waals surface area contributed by atoms with Crippen LogP contribution in [0, 0.1) is 11.7 Å². The van der Waals surface area contributed by atoms with E-state index in [1.54, 1.807) is 23.6 Å². The average molecular weight is 446 g/mol. The maximum Gasteiger partial charge on any atom is 0.146 e. The highest BCUT2D eigenvalue weighted by Crippen LogP contribution is 2.42. The number of rotatable bonds is 3. The SMILES string of the molecule is Fc1cccnc1C(C1CCOCC1)n1c2cc(Br)cnc2c2sccc21. The molecule has 0 N–H and O–H groups in total. The van der Waals surface area contributed by atoms with Crippen LogP contribution in [-0.2, 0) is 4.74 Å². The molecule has 0 aromatic carbocycles. The summed E-state index contributed by atoms with van der Waals surface area (Å²) in [6.07, 6.45) is 5.26. The first-order chi connectivity index (χ1) is 13.2. The first kappa shape index (κ1) is 17.3. The third kappa shape index (κ3) is 2.88. The quantitative estimate of drug-likeness (QED) is 0.414. The Morgan fingerprint density at radius 1 is 1.22 bits per heavy atom. The largest absolute Gasteiger partial charge is 0.381 e. The van der Waals surface area contributed by atoms with Crippen LogP contribution >= 0.6 is 27.3 Å². The summed E-state index contributed by atoms with van der Waals surface area (Å²) < 4.78 is 24.7. The third-order valence-corrected chi connectivity index (χ3v) is 6.61. The summed E-state index contributed by atoms with van der Waals surface area (Å²) in [6, 6.07) is 7.12. The summed E-state index contributed by atoms with van der Waals surface area (Å²) in [5.41, 5.74) is 3.54. The summed E-state index contributed by atoms with van der Waals surface area (Å²) in [5.74, 6) is -0.0111. The number of ether oxygens (including phenoxy) is 1. The zero-order valence-electron chi connectivity index (χ0n) is 14.4. The summed E-state index contributed by atoms with van der Waals surface area (Å²) in [5, 5.41) is 2.07. The maximum atomic E-state index is 14.9. The monoisotopic (exact) mass is 445 g/mol. The van der Waals surface area contributed by atoms with Crippen molar-refractivity contribution in [2.24, 2.45) is 5.92 Å². The summed E-state index contributed by atoms with van der Waals surface area (Å²) >= 11 is 5.22. The molecule has 4 aromatic rings. The molecule has 0 radical (unpaired) electrons. The van der Waals surface area contributed by atoms with Crippen molar-refractivity contribution in [3.63, 3.8) is 0 Å². The Kier molecular flexibility index (Phi) is 4.46. The Balaban J connectivity index is 1.82. The van der Waals surface area contributed by atoms with E-state index in [4.69, 9.17) is 4.74 Å². The molecule has 7 heteroatoms. The number of halogens is 2. The van der Waals surface area contributed by atoms with Gasteiger partial charge >= 0.3 is 0 Å². The smallest absolute Gasteiger partial charge is 0.146 e. The van der Waals surface area contributed by atoms with E-state index < -0.39 is 0 Å². The fraction of sp³-hybridized carbons (Fsp3) is 0.300. The minimum absolute atomic E-state index is 0.194. The minimum Gasteiger partial charge on any atom is -0.381 e. The van der Waals surface area contributed by atoms with Crippen molar-refractivity contribution in [1.82, 2.24) is 14.5 Å². The van der Waals surface area contributed by atoms with Gasteiger partial charge < -0.3 is 9.30 Å². The molecule has 1 aliphatic rings. The molecule has 0 amide bonds. The molecule has 27 heavy (non-hydrogen) atoms. The summed E-state index contributed by atoms with van der Waals surface area (Å²) in [7, 11) is 0. The lowest BCUT2D eigenvalue weighted by Gasteiger charge is -2.32. The predicted octanol–water partition coefficient (Wildman–Crippen LogP) is 5.56. The van der Waals surface area contributed by atoms with Crippen molar-refractivity contribution in [3.8, 4) is 0 Å². The lowest BCUT2D eigenvalue weighted by molar-refractivity contribution is 0.0543. The summed E-state index contributed by atoms with van der Waals surface area (Å²) in [4.78, 5) is 9.11. The van der Waals surface area contributed by atoms with Crippen LogP contribution in [0.25, 0.3) is 21.3 Å². The van der Waals surface area contributed by atoms with E-state index in [0.29, 0.717) is 18.9 Å². The van der Waals surface area contributed by atoms with Crippen LogP contribution in [0.3, 0.4) is 0 Å². The molecule has 0 aliphatic carbocycles. The van der Waals surface area contributed by atoms with Gasteiger partial charge in [-0.1, -0.05) is 0 Å². The molecule has 4 aromatic heterocycles. The number of aromatic nitrogens is 3. The first-order valence-corrected chi connectivity index (χ1v) is 10.6. The molecule has 1 atom stereocenters. The first-order valence-electron chi connectivity index (χ1n) is 8.95. The number of hydrogen-bond donors (Lipinski definition) is 0. The van der Waals surface area contributed by atoms with E-state index in [-0.39, 0.29) is 17.8 Å². The second kappa shape index (κ2) is 6.96. The van der Waals surface area contributed by atoms with Gasteiger partial charge in [-0.15, -0.1) is 11.3 Å². The predicted molar refractivity (Wildman–Crippen MR) is 109 cm³/mol. The second-order valence-corrected chi connectivity index (χ2v) is 8.62. The molecule has 0 spiro atoms. The van der Waals surface area contributed by atoms with Gasteiger partial charge in [0.1, 0.15) is 11.3 Å². The highest BCUT2D eigenvalue weighted by Gasteiger charge is 2.32. The average Bonchev–Trinajstić information content (AvgIpc) is 3.26. The molecule has 5 rings (SSSR count). The zero-order chi connectivity index (χ0) is 18.4. The standard InChI is InChI=1S/C20H17BrFN3OS/c21-13-10-16-18(24-11-13)20-15(5-9-27-20)25(16)19(12-3-7-26-8-4-12)17-14(22)2-1-6-23-17/h1-2,5-6,9-12,19H,3-4,7-8H2. The van der Waals surface area contributed by atoms with Crippen molar-refractivity contribution < 1.29 is 9.13 Å². The molecule has 1 unspecified atom stereocenters. The van der Waals surface area contributed by atoms with Gasteiger partial charge in [-0.25, -0.2) is 4.39 Å². The molecule has 1 saturated heterocycles. The minimum atomic E-state index is -0.262. The molecule has 1 fully saturated rings. The zero-order valence-corrected chi connectivity index (χ0v) is 16.8. The second-order valence-electron chi connectivity index (χ2n) is 6.79. The lowest BCUT2D eigenvalue weighted by Crippen LogP contribution is -2.28. The van der Waals surface area contributed by atoms with Gasteiger partial charge in [-0.05, 0) is 64.3 Å². The normalized spacial score (nSPS) is 17.0. The van der Waals surface area contributed by atoms with Crippen LogP contribution in [0.4, 0.5) is 4.39 Å². The van der Waals surface area contributed by atoms with Crippen molar-refractivity contribution in [2.45, 2.75) is 18.9 Å². The van der Waals surface area contributed by atoms with Gasteiger partial charge in [0.2, 0.25) is 0 Å². The van der Waals surface area contributed by atoms with E-state index in [1.807, 2.05) is 6.20 Å². The van der Waals surface area contributed by atoms with Gasteiger partial charge in [0.05, 0.1) is 27.5 Å². The van der Waals surface area contributed by atoms with E-state index in [9.17, 15) is 4.39 Å². The van der Waals surface area contributed by atoms with Gasteiger partial charge in [0.25, 0.3) is 0 Å². The van der Waals surface area contributed by atoms with E-state index >= 15 is 0 Å². The molecule has 4 nitrogen and oxygen atoms in total. The van der Waals surface area contributed by atoms with Crippen LogP contribution in [-0.4, -0.2) is 27.7 Å². The topological polar surface area (TPSA) is 39.9 Å². The number of pyridine rings is 2. The van der Waals surface area contributed by atoms with Crippen molar-refractivity contribution >= 4 is 48.5 Å². The fourth-order valence-corrected chi connectivity index (χ4v) is 5.30. The van der Waals surface area contributed by atoms with Crippen molar-refractivity contribution in [2.75, 3.05) is 13.2 Å². The van der Waals surface area contributed by atoms with Crippen LogP contribution in [0.15, 0.2) is 46.5 Å². The van der Waals surface area contributed by atoms with Gasteiger partial charge in [0.15, 0.2) is 0 Å². The van der Waals surface area contributed by atoms with E-state index in [1.165, 1.54) is 6.07 Å². The van der Waals surface area contributed by atoms with Crippen molar-refractivity contribution in [3.05, 3.63) is 58.0 Å². The van der Waals surface area contributed by atoms with Crippen LogP contribution in [0.1, 0.15) is 24.6 Å². The van der Waals surface area contributed by atoms with Gasteiger partial charge in [0, 0.05) is 30.1 Å². The van der Waals surface area contributed by atoms with E-state index in [2.05, 4.69) is 48.0 Å². The highest BCUT2D eigenvalue weighted by molar-refractivity contribution is 9.10. The molecular formula is C20H17BrFN3OS. The molecular weight excluding hydrogens is 429 g/mol. The highest BCUT2D eigenvalue weighted by atomic mass is 79.9. The molecule has 1 aliphatic heterocycles. The Morgan fingerprint density at radius 2 is 2.07 bits per heavy atom. The van der Waals surface area contributed by atoms with Crippen LogP contribution in [0.2, 0.25) is 0 Å². The third-order valence-electron chi connectivity index (χ3n) is 5.27. The Labute approximate surface area is 168 Å². The number of fused-ring (bicyclic) bond motifs is 3. The molecule has 0 bridgehead atoms.